The normalized spacial score (nSPS) is 11.2. The Morgan fingerprint density at radius 2 is 2.05 bits per heavy atom. The summed E-state index contributed by atoms with van der Waals surface area (Å²) in [7, 11) is -0.842. The van der Waals surface area contributed by atoms with Gasteiger partial charge in [-0.05, 0) is 12.5 Å². The molecule has 0 unspecified atom stereocenters. The van der Waals surface area contributed by atoms with Gasteiger partial charge in [0.25, 0.3) is 0 Å². The lowest BCUT2D eigenvalue weighted by Gasteiger charge is -2.12. The van der Waals surface area contributed by atoms with Gasteiger partial charge in [0.05, 0.1) is 23.6 Å². The molecule has 0 aromatic heterocycles. The molecular weight excluding hydrogens is 322 g/mol. The quantitative estimate of drug-likeness (QED) is 0.702. The van der Waals surface area contributed by atoms with Crippen molar-refractivity contribution in [2.24, 2.45) is 0 Å². The second kappa shape index (κ2) is 7.48. The molecule has 7 nitrogen and oxygen atoms in total. The first-order valence-corrected chi connectivity index (χ1v) is 7.94. The fourth-order valence-corrected chi connectivity index (χ4v) is 2.95. The van der Waals surface area contributed by atoms with Gasteiger partial charge in [-0.3, -0.25) is 4.72 Å². The van der Waals surface area contributed by atoms with E-state index < -0.39 is 16.0 Å². The van der Waals surface area contributed by atoms with E-state index >= 15 is 0 Å². The van der Waals surface area contributed by atoms with Crippen molar-refractivity contribution in [2.45, 2.75) is 6.42 Å². The van der Waals surface area contributed by atoms with Gasteiger partial charge < -0.3 is 14.6 Å². The van der Waals surface area contributed by atoms with Crippen molar-refractivity contribution in [3.63, 3.8) is 0 Å². The van der Waals surface area contributed by atoms with Gasteiger partial charge in [-0.15, -0.1) is 0 Å². The standard InChI is InChI=1S/C12H16ClNO6S/c1-19-4-3-5-21(17,18)14-10-7-11(20-2)8(12(15)16)6-9(10)13/h6-7,14H,3-5H2,1-2H3,(H,15,16). The van der Waals surface area contributed by atoms with E-state index in [2.05, 4.69) is 4.72 Å². The molecule has 0 aliphatic heterocycles. The minimum atomic E-state index is -3.60. The van der Waals surface area contributed by atoms with E-state index in [0.29, 0.717) is 13.0 Å². The number of benzene rings is 1. The van der Waals surface area contributed by atoms with Crippen LogP contribution in [0.4, 0.5) is 5.69 Å². The van der Waals surface area contributed by atoms with Gasteiger partial charge in [0.2, 0.25) is 10.0 Å². The van der Waals surface area contributed by atoms with Crippen LogP contribution in [0.3, 0.4) is 0 Å². The van der Waals surface area contributed by atoms with Crippen molar-refractivity contribution in [3.05, 3.63) is 22.7 Å². The molecule has 0 spiro atoms. The molecule has 21 heavy (non-hydrogen) atoms. The van der Waals surface area contributed by atoms with Gasteiger partial charge in [-0.25, -0.2) is 13.2 Å². The van der Waals surface area contributed by atoms with Crippen LogP contribution in [0.2, 0.25) is 5.02 Å². The average Bonchev–Trinajstić information content (AvgIpc) is 2.40. The topological polar surface area (TPSA) is 102 Å². The highest BCUT2D eigenvalue weighted by Gasteiger charge is 2.18. The van der Waals surface area contributed by atoms with Gasteiger partial charge in [0.15, 0.2) is 0 Å². The second-order valence-electron chi connectivity index (χ2n) is 4.10. The number of rotatable bonds is 8. The number of nitrogens with one attached hydrogen (secondary N) is 1. The zero-order valence-corrected chi connectivity index (χ0v) is 13.1. The maximum absolute atomic E-state index is 11.9. The molecule has 118 valence electrons. The average molecular weight is 338 g/mol. The summed E-state index contributed by atoms with van der Waals surface area (Å²) in [5.74, 6) is -1.34. The predicted molar refractivity (Wildman–Crippen MR) is 78.9 cm³/mol. The van der Waals surface area contributed by atoms with E-state index in [-0.39, 0.29) is 27.8 Å². The third kappa shape index (κ3) is 5.07. The highest BCUT2D eigenvalue weighted by Crippen LogP contribution is 2.31. The molecule has 1 aromatic carbocycles. The summed E-state index contributed by atoms with van der Waals surface area (Å²) < 4.78 is 35.7. The van der Waals surface area contributed by atoms with Crippen molar-refractivity contribution in [3.8, 4) is 5.75 Å². The van der Waals surface area contributed by atoms with Crippen LogP contribution in [0.15, 0.2) is 12.1 Å². The molecule has 0 heterocycles. The number of methoxy groups -OCH3 is 2. The van der Waals surface area contributed by atoms with E-state index in [1.54, 1.807) is 0 Å². The first kappa shape index (κ1) is 17.5. The van der Waals surface area contributed by atoms with E-state index in [1.807, 2.05) is 0 Å². The fourth-order valence-electron chi connectivity index (χ4n) is 1.58. The van der Waals surface area contributed by atoms with Gasteiger partial charge in [-0.2, -0.15) is 0 Å². The lowest BCUT2D eigenvalue weighted by molar-refractivity contribution is 0.0693. The minimum absolute atomic E-state index is 0.0153. The van der Waals surface area contributed by atoms with E-state index in [1.165, 1.54) is 20.3 Å². The number of ether oxygens (including phenoxy) is 2. The van der Waals surface area contributed by atoms with Crippen LogP contribution in [-0.4, -0.2) is 46.1 Å². The summed E-state index contributed by atoms with van der Waals surface area (Å²) in [6.45, 7) is 0.315. The van der Waals surface area contributed by atoms with Crippen molar-refractivity contribution in [2.75, 3.05) is 31.3 Å². The molecule has 0 atom stereocenters. The van der Waals surface area contributed by atoms with Crippen molar-refractivity contribution in [1.29, 1.82) is 0 Å². The van der Waals surface area contributed by atoms with Gasteiger partial charge in [-0.1, -0.05) is 11.6 Å². The van der Waals surface area contributed by atoms with Crippen LogP contribution < -0.4 is 9.46 Å². The van der Waals surface area contributed by atoms with E-state index in [9.17, 15) is 13.2 Å². The summed E-state index contributed by atoms with van der Waals surface area (Å²) in [5.41, 5.74) is -0.0826. The SMILES string of the molecule is COCCCS(=O)(=O)Nc1cc(OC)c(C(=O)O)cc1Cl. The summed E-state index contributed by atoms with van der Waals surface area (Å²) in [6, 6.07) is 2.37. The zero-order valence-electron chi connectivity index (χ0n) is 11.6. The molecule has 0 saturated carbocycles. The van der Waals surface area contributed by atoms with Crippen LogP contribution in [0.5, 0.6) is 5.75 Å². The van der Waals surface area contributed by atoms with Gasteiger partial charge in [0.1, 0.15) is 11.3 Å². The highest BCUT2D eigenvalue weighted by molar-refractivity contribution is 7.92. The molecular formula is C12H16ClNO6S. The van der Waals surface area contributed by atoms with Crippen LogP contribution >= 0.6 is 11.6 Å². The van der Waals surface area contributed by atoms with Crippen molar-refractivity contribution in [1.82, 2.24) is 0 Å². The van der Waals surface area contributed by atoms with E-state index in [0.717, 1.165) is 6.07 Å². The molecule has 0 amide bonds. The number of carbonyl (C=O) groups is 1. The Kier molecular flexibility index (Phi) is 6.25. The molecule has 2 N–H and O–H groups in total. The number of aromatic carboxylic acids is 1. The Labute approximate surface area is 127 Å². The first-order chi connectivity index (χ1) is 9.80. The molecule has 0 aliphatic carbocycles. The Morgan fingerprint density at radius 1 is 1.38 bits per heavy atom. The monoisotopic (exact) mass is 337 g/mol. The maximum atomic E-state index is 11.9. The number of halogens is 1. The molecule has 0 saturated heterocycles. The number of carboxylic acid groups (broad SMARTS) is 1. The predicted octanol–water partition coefficient (Wildman–Crippen LogP) is 1.82. The van der Waals surface area contributed by atoms with Crippen LogP contribution in [0.25, 0.3) is 0 Å². The molecule has 9 heteroatoms. The van der Waals surface area contributed by atoms with Crippen molar-refractivity contribution >= 4 is 33.3 Å². The summed E-state index contributed by atoms with van der Waals surface area (Å²) >= 11 is 5.90. The summed E-state index contributed by atoms with van der Waals surface area (Å²) in [4.78, 5) is 11.0. The number of anilines is 1. The fraction of sp³-hybridized carbons (Fsp3) is 0.417. The number of hydrogen-bond acceptors (Lipinski definition) is 5. The molecule has 0 aliphatic rings. The Morgan fingerprint density at radius 3 is 2.57 bits per heavy atom. The highest BCUT2D eigenvalue weighted by atomic mass is 35.5. The molecule has 0 radical (unpaired) electrons. The number of carboxylic acids is 1. The van der Waals surface area contributed by atoms with Crippen LogP contribution in [-0.2, 0) is 14.8 Å². The minimum Gasteiger partial charge on any atom is -0.496 e. The first-order valence-electron chi connectivity index (χ1n) is 5.91. The van der Waals surface area contributed by atoms with Crippen LogP contribution in [0.1, 0.15) is 16.8 Å². The third-order valence-corrected chi connectivity index (χ3v) is 4.22. The Bertz CT molecular complexity index is 616. The lowest BCUT2D eigenvalue weighted by atomic mass is 10.2. The smallest absolute Gasteiger partial charge is 0.339 e. The zero-order chi connectivity index (χ0) is 16.0. The number of hydrogen-bond donors (Lipinski definition) is 2. The van der Waals surface area contributed by atoms with Gasteiger partial charge in [0, 0.05) is 19.8 Å². The van der Waals surface area contributed by atoms with Crippen LogP contribution in [0, 0.1) is 0 Å². The molecule has 1 aromatic rings. The number of sulfonamides is 1. The molecule has 0 bridgehead atoms. The lowest BCUT2D eigenvalue weighted by Crippen LogP contribution is -2.18. The summed E-state index contributed by atoms with van der Waals surface area (Å²) in [6.07, 6.45) is 0.327. The third-order valence-electron chi connectivity index (χ3n) is 2.55. The second-order valence-corrected chi connectivity index (χ2v) is 6.35. The maximum Gasteiger partial charge on any atom is 0.339 e. The molecule has 1 rings (SSSR count). The Balaban J connectivity index is 3.01. The molecule has 0 fully saturated rings. The van der Waals surface area contributed by atoms with E-state index in [4.69, 9.17) is 26.2 Å². The summed E-state index contributed by atoms with van der Waals surface area (Å²) in [5, 5.41) is 8.97. The Hall–Kier alpha value is -1.51. The largest absolute Gasteiger partial charge is 0.496 e. The van der Waals surface area contributed by atoms with Gasteiger partial charge >= 0.3 is 5.97 Å². The van der Waals surface area contributed by atoms with Crippen molar-refractivity contribution < 1.29 is 27.8 Å².